The molecule has 1 aliphatic carbocycles. The van der Waals surface area contributed by atoms with Gasteiger partial charge in [-0.1, -0.05) is 72.8 Å². The van der Waals surface area contributed by atoms with Crippen LogP contribution in [0, 0.1) is 6.92 Å². The summed E-state index contributed by atoms with van der Waals surface area (Å²) in [5.74, 6) is 0. The topological polar surface area (TPSA) is 37.4 Å². The molecule has 1 saturated heterocycles. The predicted octanol–water partition coefficient (Wildman–Crippen LogP) is 5.29. The van der Waals surface area contributed by atoms with Gasteiger partial charge in [-0.15, -0.1) is 0 Å². The Hall–Kier alpha value is -2.69. The average molecular weight is 404 g/mol. The van der Waals surface area contributed by atoms with E-state index in [-0.39, 0.29) is 0 Å². The Morgan fingerprint density at radius 1 is 1.00 bits per heavy atom. The minimum Gasteiger partial charge on any atom is -0.207 e. The Balaban J connectivity index is 1.80. The smallest absolute Gasteiger partial charge is 0.207 e. The second-order valence-electron chi connectivity index (χ2n) is 7.63. The number of allylic oxidation sites excluding steroid dienone is 4. The zero-order valence-electron chi connectivity index (χ0n) is 16.7. The molecule has 4 heteroatoms. The van der Waals surface area contributed by atoms with Crippen molar-refractivity contribution in [1.29, 1.82) is 0 Å². The highest BCUT2D eigenvalue weighted by molar-refractivity contribution is 7.89. The van der Waals surface area contributed by atoms with E-state index in [9.17, 15) is 8.42 Å². The molecule has 3 nitrogen and oxygen atoms in total. The fourth-order valence-corrected chi connectivity index (χ4v) is 5.19. The van der Waals surface area contributed by atoms with Gasteiger partial charge in [0, 0.05) is 13.1 Å². The van der Waals surface area contributed by atoms with Crippen molar-refractivity contribution in [3.8, 4) is 0 Å². The van der Waals surface area contributed by atoms with Crippen LogP contribution in [-0.2, 0) is 10.0 Å². The summed E-state index contributed by atoms with van der Waals surface area (Å²) in [6, 6.07) is 17.1. The van der Waals surface area contributed by atoms with E-state index in [2.05, 4.69) is 25.3 Å². The third-order valence-electron chi connectivity index (χ3n) is 5.51. The Labute approximate surface area is 173 Å². The van der Waals surface area contributed by atoms with Crippen LogP contribution in [0.4, 0.5) is 0 Å². The van der Waals surface area contributed by atoms with Crippen LogP contribution in [0.25, 0.3) is 5.57 Å². The first-order valence-corrected chi connectivity index (χ1v) is 11.2. The van der Waals surface area contributed by atoms with E-state index < -0.39 is 10.0 Å². The van der Waals surface area contributed by atoms with Crippen molar-refractivity contribution in [2.75, 3.05) is 13.1 Å². The summed E-state index contributed by atoms with van der Waals surface area (Å²) in [5.41, 5.74) is 7.52. The van der Waals surface area contributed by atoms with E-state index in [1.807, 2.05) is 43.3 Å². The van der Waals surface area contributed by atoms with E-state index in [4.69, 9.17) is 0 Å². The number of sulfonamides is 1. The summed E-state index contributed by atoms with van der Waals surface area (Å²) < 4.78 is 27.9. The van der Waals surface area contributed by atoms with Gasteiger partial charge in [0.25, 0.3) is 0 Å². The number of benzene rings is 2. The van der Waals surface area contributed by atoms with Crippen molar-refractivity contribution in [3.05, 3.63) is 107 Å². The first-order valence-electron chi connectivity index (χ1n) is 9.80. The lowest BCUT2D eigenvalue weighted by Gasteiger charge is -2.17. The minimum atomic E-state index is -3.58. The van der Waals surface area contributed by atoms with E-state index in [0.717, 1.165) is 46.3 Å². The molecule has 0 amide bonds. The van der Waals surface area contributed by atoms with E-state index in [1.54, 1.807) is 12.1 Å². The molecule has 29 heavy (non-hydrogen) atoms. The van der Waals surface area contributed by atoms with Gasteiger partial charge in [0.05, 0.1) is 4.90 Å². The van der Waals surface area contributed by atoms with Crippen molar-refractivity contribution in [2.45, 2.75) is 24.7 Å². The number of nitrogens with zero attached hydrogens (tertiary/aromatic N) is 1. The van der Waals surface area contributed by atoms with Crippen molar-refractivity contribution in [1.82, 2.24) is 4.31 Å². The molecule has 2 aliphatic rings. The average Bonchev–Trinajstić information content (AvgIpc) is 3.48. The molecule has 0 radical (unpaired) electrons. The van der Waals surface area contributed by atoms with E-state index >= 15 is 0 Å². The fraction of sp³-hybridized carbons (Fsp3) is 0.200. The number of hydrogen-bond acceptors (Lipinski definition) is 2. The SMILES string of the molecule is C=CC(=C1CC1)/C(=C1/CN(S(=O)(=O)c2ccc(C)cc2)CC1=C)c1ccccc1. The van der Waals surface area contributed by atoms with Crippen molar-refractivity contribution >= 4 is 15.6 Å². The second kappa shape index (κ2) is 7.62. The van der Waals surface area contributed by atoms with Gasteiger partial charge >= 0.3 is 0 Å². The molecule has 2 aromatic rings. The summed E-state index contributed by atoms with van der Waals surface area (Å²) in [6.45, 7) is 10.8. The van der Waals surface area contributed by atoms with Crippen LogP contribution in [-0.4, -0.2) is 25.8 Å². The first kappa shape index (κ1) is 19.6. The van der Waals surface area contributed by atoms with Gasteiger partial charge in [-0.3, -0.25) is 0 Å². The molecule has 0 N–H and O–H groups in total. The predicted molar refractivity (Wildman–Crippen MR) is 119 cm³/mol. The van der Waals surface area contributed by atoms with Gasteiger partial charge in [-0.2, -0.15) is 4.31 Å². The normalized spacial score (nSPS) is 18.7. The lowest BCUT2D eigenvalue weighted by atomic mass is 9.90. The quantitative estimate of drug-likeness (QED) is 0.681. The molecule has 0 aromatic heterocycles. The summed E-state index contributed by atoms with van der Waals surface area (Å²) in [6.07, 6.45) is 4.05. The molecule has 1 aliphatic heterocycles. The van der Waals surface area contributed by atoms with Crippen LogP contribution in [0.15, 0.2) is 101 Å². The molecule has 148 valence electrons. The molecular weight excluding hydrogens is 378 g/mol. The molecule has 0 unspecified atom stereocenters. The summed E-state index contributed by atoms with van der Waals surface area (Å²) in [7, 11) is -3.58. The summed E-state index contributed by atoms with van der Waals surface area (Å²) in [5, 5.41) is 0. The molecule has 1 heterocycles. The Morgan fingerprint density at radius 2 is 1.66 bits per heavy atom. The highest BCUT2D eigenvalue weighted by Crippen LogP contribution is 2.42. The maximum Gasteiger partial charge on any atom is 0.243 e. The van der Waals surface area contributed by atoms with E-state index in [1.165, 1.54) is 9.88 Å². The van der Waals surface area contributed by atoms with Gasteiger partial charge in [0.15, 0.2) is 0 Å². The van der Waals surface area contributed by atoms with E-state index in [0.29, 0.717) is 18.0 Å². The fourth-order valence-electron chi connectivity index (χ4n) is 3.79. The second-order valence-corrected chi connectivity index (χ2v) is 9.57. The zero-order valence-corrected chi connectivity index (χ0v) is 17.5. The third kappa shape index (κ3) is 3.78. The summed E-state index contributed by atoms with van der Waals surface area (Å²) >= 11 is 0. The van der Waals surface area contributed by atoms with Crippen molar-refractivity contribution in [2.24, 2.45) is 0 Å². The molecule has 0 spiro atoms. The van der Waals surface area contributed by atoms with Crippen molar-refractivity contribution < 1.29 is 8.42 Å². The van der Waals surface area contributed by atoms with Crippen LogP contribution in [0.3, 0.4) is 0 Å². The van der Waals surface area contributed by atoms with Gasteiger partial charge < -0.3 is 0 Å². The number of rotatable bonds is 5. The highest BCUT2D eigenvalue weighted by atomic mass is 32.2. The molecular formula is C25H25NO2S. The Morgan fingerprint density at radius 3 is 2.24 bits per heavy atom. The minimum absolute atomic E-state index is 0.307. The Kier molecular flexibility index (Phi) is 5.15. The van der Waals surface area contributed by atoms with Gasteiger partial charge in [0.1, 0.15) is 0 Å². The number of aryl methyl sites for hydroxylation is 1. The maximum absolute atomic E-state index is 13.2. The number of hydrogen-bond donors (Lipinski definition) is 0. The standard InChI is InChI=1S/C25H25NO2S/c1-4-23(20-12-13-20)25(21-8-6-5-7-9-21)24-17-26(16-19(24)3)29(27,28)22-14-10-18(2)11-15-22/h4-11,14-15H,1,3,12-13,16-17H2,2H3/b25-24-. The van der Waals surface area contributed by atoms with Crippen LogP contribution < -0.4 is 0 Å². The lowest BCUT2D eigenvalue weighted by Crippen LogP contribution is -2.28. The molecule has 2 fully saturated rings. The lowest BCUT2D eigenvalue weighted by molar-refractivity contribution is 0.489. The maximum atomic E-state index is 13.2. The molecule has 2 aromatic carbocycles. The highest BCUT2D eigenvalue weighted by Gasteiger charge is 2.34. The van der Waals surface area contributed by atoms with Crippen LogP contribution >= 0.6 is 0 Å². The van der Waals surface area contributed by atoms with Gasteiger partial charge in [0.2, 0.25) is 10.0 Å². The van der Waals surface area contributed by atoms with Crippen LogP contribution in [0.5, 0.6) is 0 Å². The Bertz CT molecular complexity index is 1130. The summed E-state index contributed by atoms with van der Waals surface area (Å²) in [4.78, 5) is 0.322. The molecule has 4 rings (SSSR count). The van der Waals surface area contributed by atoms with Gasteiger partial charge in [-0.25, -0.2) is 8.42 Å². The first-order chi connectivity index (χ1) is 13.9. The zero-order chi connectivity index (χ0) is 20.6. The third-order valence-corrected chi connectivity index (χ3v) is 7.31. The largest absolute Gasteiger partial charge is 0.243 e. The van der Waals surface area contributed by atoms with Crippen LogP contribution in [0.1, 0.15) is 24.0 Å². The molecule has 1 saturated carbocycles. The van der Waals surface area contributed by atoms with Crippen LogP contribution in [0.2, 0.25) is 0 Å². The monoisotopic (exact) mass is 403 g/mol. The van der Waals surface area contributed by atoms with Gasteiger partial charge in [-0.05, 0) is 59.8 Å². The molecule has 0 bridgehead atoms. The molecule has 0 atom stereocenters. The van der Waals surface area contributed by atoms with Crippen molar-refractivity contribution in [3.63, 3.8) is 0 Å².